The molecular formula is C13H18BrNO2. The van der Waals surface area contributed by atoms with Gasteiger partial charge >= 0.3 is 0 Å². The number of hydrogen-bond donors (Lipinski definition) is 1. The molecule has 0 amide bonds. The van der Waals surface area contributed by atoms with E-state index in [0.29, 0.717) is 0 Å². The lowest BCUT2D eigenvalue weighted by Gasteiger charge is -2.24. The molecular weight excluding hydrogens is 282 g/mol. The van der Waals surface area contributed by atoms with Gasteiger partial charge in [-0.1, -0.05) is 0 Å². The first-order chi connectivity index (χ1) is 8.10. The largest absolute Gasteiger partial charge is 0.496 e. The summed E-state index contributed by atoms with van der Waals surface area (Å²) in [6.07, 6.45) is 2.26. The maximum Gasteiger partial charge on any atom is 0.133 e. The van der Waals surface area contributed by atoms with Gasteiger partial charge < -0.3 is 14.7 Å². The summed E-state index contributed by atoms with van der Waals surface area (Å²) in [5.41, 5.74) is 1.28. The summed E-state index contributed by atoms with van der Waals surface area (Å²) in [5.74, 6) is 0.838. The fourth-order valence-corrected chi connectivity index (χ4v) is 2.56. The summed E-state index contributed by atoms with van der Waals surface area (Å²) >= 11 is 3.49. The summed E-state index contributed by atoms with van der Waals surface area (Å²) in [6, 6.07) is 6.04. The highest BCUT2D eigenvalue weighted by Gasteiger charge is 2.42. The highest BCUT2D eigenvalue weighted by molar-refractivity contribution is 9.10. The average molecular weight is 300 g/mol. The predicted octanol–water partition coefficient (Wildman–Crippen LogP) is 2.67. The molecule has 1 fully saturated rings. The highest BCUT2D eigenvalue weighted by Crippen LogP contribution is 2.46. The Morgan fingerprint density at radius 2 is 2.18 bits per heavy atom. The standard InChI is InChI=1S/C13H18BrNO2/c1-15(8-13(9-16)5-6-13)10-3-4-12(17-2)11(14)7-10/h3-4,7,16H,5-6,8-9H2,1-2H3. The number of nitrogens with zero attached hydrogens (tertiary/aromatic N) is 1. The van der Waals surface area contributed by atoms with Crippen LogP contribution in [0.5, 0.6) is 5.75 Å². The third-order valence-electron chi connectivity index (χ3n) is 3.44. The summed E-state index contributed by atoms with van der Waals surface area (Å²) in [6.45, 7) is 1.19. The van der Waals surface area contributed by atoms with E-state index in [2.05, 4.69) is 27.9 Å². The van der Waals surface area contributed by atoms with E-state index in [1.165, 1.54) is 0 Å². The molecule has 0 aromatic heterocycles. The minimum atomic E-state index is 0.140. The second kappa shape index (κ2) is 4.86. The molecule has 0 spiro atoms. The lowest BCUT2D eigenvalue weighted by molar-refractivity contribution is 0.215. The normalized spacial score (nSPS) is 16.7. The van der Waals surface area contributed by atoms with Crippen LogP contribution in [-0.4, -0.2) is 32.4 Å². The molecule has 1 aromatic carbocycles. The van der Waals surface area contributed by atoms with Gasteiger partial charge in [-0.2, -0.15) is 0 Å². The van der Waals surface area contributed by atoms with Crippen LogP contribution in [0.3, 0.4) is 0 Å². The zero-order valence-corrected chi connectivity index (χ0v) is 11.8. The molecule has 3 nitrogen and oxygen atoms in total. The minimum absolute atomic E-state index is 0.140. The fraction of sp³-hybridized carbons (Fsp3) is 0.538. The second-order valence-electron chi connectivity index (χ2n) is 4.83. The molecule has 0 bridgehead atoms. The smallest absolute Gasteiger partial charge is 0.133 e. The Hall–Kier alpha value is -0.740. The van der Waals surface area contributed by atoms with Crippen molar-refractivity contribution in [1.82, 2.24) is 0 Å². The molecule has 1 aliphatic carbocycles. The molecule has 1 N–H and O–H groups in total. The van der Waals surface area contributed by atoms with Crippen LogP contribution in [0.4, 0.5) is 5.69 Å². The molecule has 1 aliphatic rings. The summed E-state index contributed by atoms with van der Waals surface area (Å²) in [5, 5.41) is 9.33. The Bertz CT molecular complexity index is 404. The van der Waals surface area contributed by atoms with Gasteiger partial charge in [-0.3, -0.25) is 0 Å². The van der Waals surface area contributed by atoms with E-state index in [0.717, 1.165) is 35.3 Å². The quantitative estimate of drug-likeness (QED) is 0.907. The van der Waals surface area contributed by atoms with E-state index in [1.54, 1.807) is 7.11 Å². The maximum absolute atomic E-state index is 9.33. The molecule has 2 rings (SSSR count). The van der Waals surface area contributed by atoms with Crippen LogP contribution in [0.1, 0.15) is 12.8 Å². The van der Waals surface area contributed by atoms with Gasteiger partial charge in [0, 0.05) is 24.7 Å². The molecule has 0 aliphatic heterocycles. The number of benzene rings is 1. The van der Waals surface area contributed by atoms with Gasteiger partial charge in [0.1, 0.15) is 5.75 Å². The van der Waals surface area contributed by atoms with Gasteiger partial charge in [0.25, 0.3) is 0 Å². The number of methoxy groups -OCH3 is 1. The van der Waals surface area contributed by atoms with E-state index in [9.17, 15) is 5.11 Å². The van der Waals surface area contributed by atoms with Crippen LogP contribution in [0, 0.1) is 5.41 Å². The molecule has 0 saturated heterocycles. The van der Waals surface area contributed by atoms with Crippen molar-refractivity contribution < 1.29 is 9.84 Å². The third kappa shape index (κ3) is 2.75. The van der Waals surface area contributed by atoms with Gasteiger partial charge in [0.2, 0.25) is 0 Å². The lowest BCUT2D eigenvalue weighted by Crippen LogP contribution is -2.28. The van der Waals surface area contributed by atoms with Crippen LogP contribution in [0.15, 0.2) is 22.7 Å². The van der Waals surface area contributed by atoms with Crippen molar-refractivity contribution in [1.29, 1.82) is 0 Å². The highest BCUT2D eigenvalue weighted by atomic mass is 79.9. The van der Waals surface area contributed by atoms with Crippen molar-refractivity contribution >= 4 is 21.6 Å². The third-order valence-corrected chi connectivity index (χ3v) is 4.06. The van der Waals surface area contributed by atoms with Crippen LogP contribution < -0.4 is 9.64 Å². The Labute approximate surface area is 111 Å². The molecule has 0 atom stereocenters. The summed E-state index contributed by atoms with van der Waals surface area (Å²) < 4.78 is 6.17. The molecule has 17 heavy (non-hydrogen) atoms. The van der Waals surface area contributed by atoms with Crippen molar-refractivity contribution in [2.45, 2.75) is 12.8 Å². The monoisotopic (exact) mass is 299 g/mol. The van der Waals surface area contributed by atoms with E-state index in [1.807, 2.05) is 18.2 Å². The van der Waals surface area contributed by atoms with E-state index >= 15 is 0 Å². The number of ether oxygens (including phenoxy) is 1. The van der Waals surface area contributed by atoms with Crippen LogP contribution in [-0.2, 0) is 0 Å². The zero-order valence-electron chi connectivity index (χ0n) is 10.2. The predicted molar refractivity (Wildman–Crippen MR) is 72.7 cm³/mol. The lowest BCUT2D eigenvalue weighted by atomic mass is 10.1. The SMILES string of the molecule is COc1ccc(N(C)CC2(CO)CC2)cc1Br. The van der Waals surface area contributed by atoms with E-state index < -0.39 is 0 Å². The molecule has 0 unspecified atom stereocenters. The first-order valence-electron chi connectivity index (χ1n) is 5.76. The number of rotatable bonds is 5. The number of aliphatic hydroxyl groups excluding tert-OH is 1. The van der Waals surface area contributed by atoms with Crippen LogP contribution in [0.2, 0.25) is 0 Å². The van der Waals surface area contributed by atoms with Gasteiger partial charge in [0.05, 0.1) is 18.2 Å². The number of hydrogen-bond acceptors (Lipinski definition) is 3. The van der Waals surface area contributed by atoms with Crippen molar-refractivity contribution in [3.8, 4) is 5.75 Å². The molecule has 0 radical (unpaired) electrons. The number of aliphatic hydroxyl groups is 1. The van der Waals surface area contributed by atoms with Gasteiger partial charge in [-0.15, -0.1) is 0 Å². The Morgan fingerprint density at radius 1 is 1.47 bits per heavy atom. The first kappa shape index (κ1) is 12.7. The Morgan fingerprint density at radius 3 is 2.65 bits per heavy atom. The topological polar surface area (TPSA) is 32.7 Å². The van der Waals surface area contributed by atoms with E-state index in [-0.39, 0.29) is 12.0 Å². The Balaban J connectivity index is 2.09. The van der Waals surface area contributed by atoms with Crippen molar-refractivity contribution in [2.75, 3.05) is 32.2 Å². The first-order valence-corrected chi connectivity index (χ1v) is 6.55. The van der Waals surface area contributed by atoms with Gasteiger partial charge in [-0.25, -0.2) is 0 Å². The molecule has 94 valence electrons. The minimum Gasteiger partial charge on any atom is -0.496 e. The zero-order chi connectivity index (χ0) is 12.5. The second-order valence-corrected chi connectivity index (χ2v) is 5.69. The summed E-state index contributed by atoms with van der Waals surface area (Å²) in [4.78, 5) is 2.19. The number of halogens is 1. The summed E-state index contributed by atoms with van der Waals surface area (Å²) in [7, 11) is 3.72. The average Bonchev–Trinajstić information content (AvgIpc) is 3.09. The van der Waals surface area contributed by atoms with Crippen molar-refractivity contribution in [3.63, 3.8) is 0 Å². The Kier molecular flexibility index (Phi) is 3.64. The van der Waals surface area contributed by atoms with E-state index in [4.69, 9.17) is 4.74 Å². The molecule has 1 aromatic rings. The maximum atomic E-state index is 9.33. The molecule has 1 saturated carbocycles. The molecule has 0 heterocycles. The van der Waals surface area contributed by atoms with Crippen molar-refractivity contribution in [2.24, 2.45) is 5.41 Å². The van der Waals surface area contributed by atoms with Gasteiger partial charge in [-0.05, 0) is 47.0 Å². The van der Waals surface area contributed by atoms with Crippen molar-refractivity contribution in [3.05, 3.63) is 22.7 Å². The number of anilines is 1. The fourth-order valence-electron chi connectivity index (χ4n) is 2.03. The van der Waals surface area contributed by atoms with Crippen LogP contribution in [0.25, 0.3) is 0 Å². The van der Waals surface area contributed by atoms with Crippen LogP contribution >= 0.6 is 15.9 Å². The van der Waals surface area contributed by atoms with Gasteiger partial charge in [0.15, 0.2) is 0 Å². The molecule has 4 heteroatoms.